The third kappa shape index (κ3) is 18.6. The minimum atomic E-state index is -0.387. The van der Waals surface area contributed by atoms with Crippen molar-refractivity contribution in [2.45, 2.75) is 84.5 Å². The van der Waals surface area contributed by atoms with Gasteiger partial charge in [0.2, 0.25) is 23.6 Å². The highest BCUT2D eigenvalue weighted by Gasteiger charge is 2.30. The van der Waals surface area contributed by atoms with Crippen LogP contribution in [0.5, 0.6) is 0 Å². The molecule has 0 aliphatic heterocycles. The number of hydrogen-bond donors (Lipinski definition) is 5. The lowest BCUT2D eigenvalue weighted by Crippen LogP contribution is -2.27. The van der Waals surface area contributed by atoms with Gasteiger partial charge in [-0.25, -0.2) is 0 Å². The molecule has 0 saturated carbocycles. The van der Waals surface area contributed by atoms with E-state index in [1.54, 1.807) is 7.11 Å². The van der Waals surface area contributed by atoms with Gasteiger partial charge in [-0.3, -0.25) is 24.0 Å². The first kappa shape index (κ1) is 45.8. The van der Waals surface area contributed by atoms with Gasteiger partial charge in [-0.2, -0.15) is 0 Å². The van der Waals surface area contributed by atoms with Gasteiger partial charge in [-0.1, -0.05) is 25.5 Å². The standard InChI is InChI=1S/C29H37N3O7.C11H23NO3/c1-19(34)31-21-8-10-23-24-11-9-22(17-26(24)27(25(23)16-21)18-39-20(2)35)32-29(37)7-5-6-28(36)30-12-15-38-14-4-3-13-33;1-3-4-6-11(13)12-7-10-15-9-5-8-14-2/h8-11,16-17,27,33H,3-7,12-15,18H2,1-2H3,(H,30,36)(H,31,34)(H,32,37);3-10H2,1-2H3,(H,12,13). The van der Waals surface area contributed by atoms with Crippen molar-refractivity contribution in [2.75, 3.05) is 77.1 Å². The molecule has 0 radical (unpaired) electrons. The van der Waals surface area contributed by atoms with Crippen molar-refractivity contribution in [2.24, 2.45) is 0 Å². The number of amides is 4. The Labute approximate surface area is 319 Å². The second-order valence-corrected chi connectivity index (χ2v) is 12.8. The Kier molecular flexibility index (Phi) is 23.1. The molecule has 4 amide bonds. The number of aliphatic hydroxyl groups excluding tert-OH is 1. The van der Waals surface area contributed by atoms with Crippen molar-refractivity contribution < 1.29 is 48.0 Å². The zero-order valence-electron chi connectivity index (χ0n) is 32.4. The first-order valence-corrected chi connectivity index (χ1v) is 18.9. The van der Waals surface area contributed by atoms with E-state index in [1.165, 1.54) is 13.8 Å². The van der Waals surface area contributed by atoms with Gasteiger partial charge in [0.25, 0.3) is 0 Å². The number of esters is 1. The van der Waals surface area contributed by atoms with E-state index in [0.29, 0.717) is 70.2 Å². The van der Waals surface area contributed by atoms with E-state index in [0.717, 1.165) is 54.5 Å². The summed E-state index contributed by atoms with van der Waals surface area (Å²) in [5.74, 6) is -1.02. The number of aliphatic hydroxyl groups is 1. The van der Waals surface area contributed by atoms with Crippen LogP contribution < -0.4 is 21.3 Å². The summed E-state index contributed by atoms with van der Waals surface area (Å²) in [7, 11) is 1.67. The van der Waals surface area contributed by atoms with Gasteiger partial charge >= 0.3 is 5.97 Å². The van der Waals surface area contributed by atoms with Gasteiger partial charge < -0.3 is 45.3 Å². The number of hydrogen-bond acceptors (Lipinski definition) is 10. The maximum Gasteiger partial charge on any atom is 0.302 e. The zero-order chi connectivity index (χ0) is 39.6. The summed E-state index contributed by atoms with van der Waals surface area (Å²) in [6.07, 6.45) is 5.86. The van der Waals surface area contributed by atoms with Crippen LogP contribution in [0.4, 0.5) is 11.4 Å². The van der Waals surface area contributed by atoms with Crippen molar-refractivity contribution in [3.05, 3.63) is 47.5 Å². The Morgan fingerprint density at radius 1 is 0.667 bits per heavy atom. The average Bonchev–Trinajstić information content (AvgIpc) is 3.44. The third-order valence-corrected chi connectivity index (χ3v) is 8.24. The van der Waals surface area contributed by atoms with Crippen molar-refractivity contribution >= 4 is 41.0 Å². The first-order valence-electron chi connectivity index (χ1n) is 18.9. The molecule has 14 nitrogen and oxygen atoms in total. The number of unbranched alkanes of at least 4 members (excludes halogenated alkanes) is 2. The molecule has 300 valence electrons. The molecule has 0 fully saturated rings. The first-order chi connectivity index (χ1) is 26.1. The fourth-order valence-electron chi connectivity index (χ4n) is 5.60. The molecule has 2 aromatic rings. The van der Waals surface area contributed by atoms with Gasteiger partial charge in [-0.05, 0) is 78.6 Å². The number of carbonyl (C=O) groups excluding carboxylic acids is 5. The van der Waals surface area contributed by atoms with Gasteiger partial charge in [0.1, 0.15) is 6.61 Å². The lowest BCUT2D eigenvalue weighted by Gasteiger charge is -2.15. The summed E-state index contributed by atoms with van der Waals surface area (Å²) in [5, 5.41) is 20.0. The zero-order valence-corrected chi connectivity index (χ0v) is 32.4. The molecule has 1 unspecified atom stereocenters. The molecule has 0 saturated heterocycles. The maximum atomic E-state index is 12.6. The highest BCUT2D eigenvalue weighted by atomic mass is 16.5. The predicted molar refractivity (Wildman–Crippen MR) is 207 cm³/mol. The number of fused-ring (bicyclic) bond motifs is 3. The quantitative estimate of drug-likeness (QED) is 0.0703. The van der Waals surface area contributed by atoms with Crippen LogP contribution in [0.25, 0.3) is 11.1 Å². The maximum absolute atomic E-state index is 12.6. The highest BCUT2D eigenvalue weighted by Crippen LogP contribution is 2.46. The Hall–Kier alpha value is -4.37. The molecule has 1 aliphatic carbocycles. The van der Waals surface area contributed by atoms with Crippen LogP contribution in [0.3, 0.4) is 0 Å². The molecule has 0 spiro atoms. The molecule has 3 rings (SSSR count). The highest BCUT2D eigenvalue weighted by molar-refractivity contribution is 5.93. The Balaban J connectivity index is 0.000000567. The van der Waals surface area contributed by atoms with Crippen LogP contribution in [0.1, 0.15) is 95.6 Å². The molecule has 0 bridgehead atoms. The van der Waals surface area contributed by atoms with Crippen LogP contribution in [-0.4, -0.2) is 101 Å². The van der Waals surface area contributed by atoms with Gasteiger partial charge in [0.15, 0.2) is 0 Å². The number of carbonyl (C=O) groups is 5. The van der Waals surface area contributed by atoms with Crippen LogP contribution >= 0.6 is 0 Å². The van der Waals surface area contributed by atoms with E-state index >= 15 is 0 Å². The third-order valence-electron chi connectivity index (χ3n) is 8.24. The Morgan fingerprint density at radius 3 is 1.76 bits per heavy atom. The van der Waals surface area contributed by atoms with Crippen LogP contribution in [0.15, 0.2) is 36.4 Å². The normalized spacial score (nSPS) is 12.4. The van der Waals surface area contributed by atoms with Crippen LogP contribution in [0, 0.1) is 0 Å². The van der Waals surface area contributed by atoms with E-state index in [2.05, 4.69) is 28.2 Å². The van der Waals surface area contributed by atoms with E-state index in [1.807, 2.05) is 36.4 Å². The molecule has 5 N–H and O–H groups in total. The number of benzene rings is 2. The summed E-state index contributed by atoms with van der Waals surface area (Å²) in [4.78, 5) is 58.8. The fourth-order valence-corrected chi connectivity index (χ4v) is 5.60. The number of methoxy groups -OCH3 is 1. The van der Waals surface area contributed by atoms with E-state index in [-0.39, 0.29) is 61.6 Å². The van der Waals surface area contributed by atoms with E-state index in [4.69, 9.17) is 24.1 Å². The monoisotopic (exact) mass is 756 g/mol. The van der Waals surface area contributed by atoms with Crippen molar-refractivity contribution in [1.82, 2.24) is 10.6 Å². The average molecular weight is 757 g/mol. The predicted octanol–water partition coefficient (Wildman–Crippen LogP) is 4.68. The van der Waals surface area contributed by atoms with E-state index in [9.17, 15) is 24.0 Å². The topological polar surface area (TPSA) is 191 Å². The second-order valence-electron chi connectivity index (χ2n) is 12.8. The number of anilines is 2. The molecule has 0 heterocycles. The molecule has 2 aromatic carbocycles. The van der Waals surface area contributed by atoms with Gasteiger partial charge in [-0.15, -0.1) is 0 Å². The number of ether oxygens (including phenoxy) is 4. The fraction of sp³-hybridized carbons (Fsp3) is 0.575. The van der Waals surface area contributed by atoms with Crippen molar-refractivity contribution in [3.63, 3.8) is 0 Å². The molecule has 14 heteroatoms. The number of nitrogens with one attached hydrogen (secondary N) is 4. The minimum absolute atomic E-state index is 0.123. The van der Waals surface area contributed by atoms with Crippen LogP contribution in [0.2, 0.25) is 0 Å². The molecule has 1 aliphatic rings. The molecule has 0 aromatic heterocycles. The SMILES string of the molecule is CC(=O)Nc1ccc2c(c1)C(COC(C)=O)c1cc(NC(=O)CCCC(=O)NCCOCCCCO)ccc1-2.CCCCC(=O)NCCOCCCOC. The van der Waals surface area contributed by atoms with Crippen molar-refractivity contribution in [3.8, 4) is 11.1 Å². The van der Waals surface area contributed by atoms with Crippen LogP contribution in [-0.2, 0) is 42.9 Å². The summed E-state index contributed by atoms with van der Waals surface area (Å²) >= 11 is 0. The smallest absolute Gasteiger partial charge is 0.302 e. The van der Waals surface area contributed by atoms with Gasteiger partial charge in [0.05, 0.1) is 13.2 Å². The Morgan fingerprint density at radius 2 is 1.22 bits per heavy atom. The lowest BCUT2D eigenvalue weighted by atomic mass is 9.97. The molecule has 1 atom stereocenters. The summed E-state index contributed by atoms with van der Waals surface area (Å²) < 4.78 is 20.9. The number of rotatable bonds is 25. The summed E-state index contributed by atoms with van der Waals surface area (Å²) in [6.45, 7) is 9.13. The van der Waals surface area contributed by atoms with Gasteiger partial charge in [0, 0.05) is 97.0 Å². The summed E-state index contributed by atoms with van der Waals surface area (Å²) in [5.41, 5.74) is 5.08. The summed E-state index contributed by atoms with van der Waals surface area (Å²) in [6, 6.07) is 11.3. The molecular formula is C40H60N4O10. The second kappa shape index (κ2) is 27.2. The molecule has 54 heavy (non-hydrogen) atoms. The molecular weight excluding hydrogens is 696 g/mol. The van der Waals surface area contributed by atoms with E-state index < -0.39 is 0 Å². The minimum Gasteiger partial charge on any atom is -0.465 e. The van der Waals surface area contributed by atoms with Crippen molar-refractivity contribution in [1.29, 1.82) is 0 Å². The largest absolute Gasteiger partial charge is 0.465 e. The lowest BCUT2D eigenvalue weighted by molar-refractivity contribution is -0.141. The Bertz CT molecular complexity index is 1470.